The zero-order valence-corrected chi connectivity index (χ0v) is 12.2. The third-order valence-corrected chi connectivity index (χ3v) is 3.90. The van der Waals surface area contributed by atoms with E-state index in [2.05, 4.69) is 11.8 Å². The topological polar surface area (TPSA) is 49.6 Å². The summed E-state index contributed by atoms with van der Waals surface area (Å²) in [6.45, 7) is 5.44. The molecule has 0 aromatic rings. The van der Waals surface area contributed by atoms with E-state index >= 15 is 0 Å². The lowest BCUT2D eigenvalue weighted by atomic mass is 9.94. The fraction of sp³-hybridized carbons (Fsp3) is 0.929. The third kappa shape index (κ3) is 4.25. The molecule has 1 rings (SSSR count). The second kappa shape index (κ2) is 7.74. The van der Waals surface area contributed by atoms with Crippen LogP contribution in [0.2, 0.25) is 0 Å². The van der Waals surface area contributed by atoms with Crippen LogP contribution in [-0.4, -0.2) is 56.0 Å². The van der Waals surface area contributed by atoms with Crippen LogP contribution in [-0.2, 0) is 4.79 Å². The Hall–Kier alpha value is -0.610. The molecular formula is C14H29N3O. The zero-order valence-electron chi connectivity index (χ0n) is 12.2. The average molecular weight is 255 g/mol. The summed E-state index contributed by atoms with van der Waals surface area (Å²) in [5.41, 5.74) is 5.78. The molecule has 0 aromatic heterocycles. The number of hydrogen-bond acceptors (Lipinski definition) is 3. The van der Waals surface area contributed by atoms with Crippen LogP contribution < -0.4 is 5.73 Å². The van der Waals surface area contributed by atoms with E-state index in [0.29, 0.717) is 18.4 Å². The van der Waals surface area contributed by atoms with Crippen LogP contribution in [0.5, 0.6) is 0 Å². The number of rotatable bonds is 7. The number of carbonyl (C=O) groups is 1. The van der Waals surface area contributed by atoms with Gasteiger partial charge in [0.2, 0.25) is 5.91 Å². The SMILES string of the molecule is CCCN(CCN(C)C)C(=O)C1CCCC1CN. The first-order chi connectivity index (χ1) is 8.60. The van der Waals surface area contributed by atoms with Crippen molar-refractivity contribution >= 4 is 5.91 Å². The molecule has 0 aromatic carbocycles. The van der Waals surface area contributed by atoms with Crippen molar-refractivity contribution < 1.29 is 4.79 Å². The molecule has 1 aliphatic carbocycles. The summed E-state index contributed by atoms with van der Waals surface area (Å²) < 4.78 is 0. The lowest BCUT2D eigenvalue weighted by molar-refractivity contribution is -0.136. The summed E-state index contributed by atoms with van der Waals surface area (Å²) in [7, 11) is 4.10. The highest BCUT2D eigenvalue weighted by molar-refractivity contribution is 5.79. The molecule has 0 spiro atoms. The Morgan fingerprint density at radius 1 is 1.22 bits per heavy atom. The van der Waals surface area contributed by atoms with E-state index in [1.165, 1.54) is 0 Å². The van der Waals surface area contributed by atoms with Crippen LogP contribution in [0.4, 0.5) is 0 Å². The first-order valence-corrected chi connectivity index (χ1v) is 7.23. The molecule has 2 N–H and O–H groups in total. The Kier molecular flexibility index (Phi) is 6.65. The van der Waals surface area contributed by atoms with Gasteiger partial charge in [-0.25, -0.2) is 0 Å². The number of likely N-dealkylation sites (N-methyl/N-ethyl adjacent to an activating group) is 1. The molecule has 1 fully saturated rings. The van der Waals surface area contributed by atoms with Crippen molar-refractivity contribution in [2.45, 2.75) is 32.6 Å². The standard InChI is InChI=1S/C14H29N3O/c1-4-8-17(10-9-16(2)3)14(18)13-7-5-6-12(13)11-15/h12-13H,4-11,15H2,1-3H3. The zero-order chi connectivity index (χ0) is 13.5. The summed E-state index contributed by atoms with van der Waals surface area (Å²) >= 11 is 0. The maximum Gasteiger partial charge on any atom is 0.226 e. The molecule has 2 atom stereocenters. The summed E-state index contributed by atoms with van der Waals surface area (Å²) in [5.74, 6) is 0.937. The quantitative estimate of drug-likeness (QED) is 0.743. The van der Waals surface area contributed by atoms with E-state index in [-0.39, 0.29) is 5.92 Å². The van der Waals surface area contributed by atoms with Gasteiger partial charge in [-0.1, -0.05) is 13.3 Å². The van der Waals surface area contributed by atoms with Crippen LogP contribution in [0.1, 0.15) is 32.6 Å². The van der Waals surface area contributed by atoms with Gasteiger partial charge in [-0.3, -0.25) is 4.79 Å². The van der Waals surface area contributed by atoms with Crippen molar-refractivity contribution in [1.82, 2.24) is 9.80 Å². The second-order valence-electron chi connectivity index (χ2n) is 5.66. The van der Waals surface area contributed by atoms with Gasteiger partial charge in [-0.05, 0) is 45.8 Å². The summed E-state index contributed by atoms with van der Waals surface area (Å²) in [4.78, 5) is 16.7. The van der Waals surface area contributed by atoms with Gasteiger partial charge in [0.1, 0.15) is 0 Å². The maximum atomic E-state index is 12.6. The highest BCUT2D eigenvalue weighted by atomic mass is 16.2. The summed E-state index contributed by atoms with van der Waals surface area (Å²) in [5, 5.41) is 0. The molecule has 106 valence electrons. The van der Waals surface area contributed by atoms with Gasteiger partial charge < -0.3 is 15.5 Å². The van der Waals surface area contributed by atoms with Crippen LogP contribution in [0.25, 0.3) is 0 Å². The van der Waals surface area contributed by atoms with Crippen LogP contribution in [0, 0.1) is 11.8 Å². The molecule has 0 radical (unpaired) electrons. The molecule has 1 amide bonds. The monoisotopic (exact) mass is 255 g/mol. The minimum Gasteiger partial charge on any atom is -0.341 e. The van der Waals surface area contributed by atoms with Crippen molar-refractivity contribution in [3.8, 4) is 0 Å². The van der Waals surface area contributed by atoms with E-state index in [1.807, 2.05) is 19.0 Å². The Labute approximate surface area is 111 Å². The molecule has 1 saturated carbocycles. The Balaban J connectivity index is 2.57. The van der Waals surface area contributed by atoms with E-state index in [9.17, 15) is 4.79 Å². The van der Waals surface area contributed by atoms with Gasteiger partial charge in [-0.2, -0.15) is 0 Å². The van der Waals surface area contributed by atoms with E-state index in [1.54, 1.807) is 0 Å². The van der Waals surface area contributed by atoms with Gasteiger partial charge in [0, 0.05) is 25.6 Å². The molecule has 0 bridgehead atoms. The Bertz CT molecular complexity index is 255. The van der Waals surface area contributed by atoms with Gasteiger partial charge in [0.15, 0.2) is 0 Å². The van der Waals surface area contributed by atoms with Crippen molar-refractivity contribution in [2.24, 2.45) is 17.6 Å². The first kappa shape index (κ1) is 15.4. The highest BCUT2D eigenvalue weighted by Gasteiger charge is 2.34. The normalized spacial score (nSPS) is 23.6. The molecule has 0 saturated heterocycles. The maximum absolute atomic E-state index is 12.6. The van der Waals surface area contributed by atoms with Crippen molar-refractivity contribution in [1.29, 1.82) is 0 Å². The minimum absolute atomic E-state index is 0.184. The second-order valence-corrected chi connectivity index (χ2v) is 5.66. The Morgan fingerprint density at radius 2 is 1.94 bits per heavy atom. The van der Waals surface area contributed by atoms with Gasteiger partial charge in [0.25, 0.3) is 0 Å². The number of nitrogens with two attached hydrogens (primary N) is 1. The lowest BCUT2D eigenvalue weighted by Crippen LogP contribution is -2.42. The molecule has 1 aliphatic rings. The fourth-order valence-corrected chi connectivity index (χ4v) is 2.80. The average Bonchev–Trinajstić information content (AvgIpc) is 2.81. The molecular weight excluding hydrogens is 226 g/mol. The molecule has 0 aliphatic heterocycles. The lowest BCUT2D eigenvalue weighted by Gasteiger charge is -2.28. The number of amides is 1. The molecule has 0 heterocycles. The summed E-state index contributed by atoms with van der Waals surface area (Å²) in [6.07, 6.45) is 4.34. The minimum atomic E-state index is 0.184. The highest BCUT2D eigenvalue weighted by Crippen LogP contribution is 2.32. The predicted octanol–water partition coefficient (Wildman–Crippen LogP) is 1.16. The predicted molar refractivity (Wildman–Crippen MR) is 75.3 cm³/mol. The van der Waals surface area contributed by atoms with Crippen LogP contribution in [0.15, 0.2) is 0 Å². The number of carbonyl (C=O) groups excluding carboxylic acids is 1. The smallest absolute Gasteiger partial charge is 0.226 e. The largest absolute Gasteiger partial charge is 0.341 e. The fourth-order valence-electron chi connectivity index (χ4n) is 2.80. The van der Waals surface area contributed by atoms with Crippen LogP contribution in [0.3, 0.4) is 0 Å². The molecule has 18 heavy (non-hydrogen) atoms. The van der Waals surface area contributed by atoms with Gasteiger partial charge in [0.05, 0.1) is 0 Å². The first-order valence-electron chi connectivity index (χ1n) is 7.23. The van der Waals surface area contributed by atoms with E-state index in [4.69, 9.17) is 5.73 Å². The molecule has 2 unspecified atom stereocenters. The van der Waals surface area contributed by atoms with Crippen molar-refractivity contribution in [2.75, 3.05) is 40.3 Å². The summed E-state index contributed by atoms with van der Waals surface area (Å²) in [6, 6.07) is 0. The Morgan fingerprint density at radius 3 is 2.50 bits per heavy atom. The van der Waals surface area contributed by atoms with E-state index < -0.39 is 0 Å². The van der Waals surface area contributed by atoms with Gasteiger partial charge >= 0.3 is 0 Å². The molecule has 4 heteroatoms. The third-order valence-electron chi connectivity index (χ3n) is 3.90. The molecule has 4 nitrogen and oxygen atoms in total. The number of hydrogen-bond donors (Lipinski definition) is 1. The van der Waals surface area contributed by atoms with E-state index in [0.717, 1.165) is 45.3 Å². The van der Waals surface area contributed by atoms with Crippen LogP contribution >= 0.6 is 0 Å². The van der Waals surface area contributed by atoms with Gasteiger partial charge in [-0.15, -0.1) is 0 Å². The van der Waals surface area contributed by atoms with Crippen molar-refractivity contribution in [3.05, 3.63) is 0 Å². The number of nitrogens with zero attached hydrogens (tertiary/aromatic N) is 2. The van der Waals surface area contributed by atoms with Crippen molar-refractivity contribution in [3.63, 3.8) is 0 Å².